The molecule has 0 aliphatic carbocycles. The Balaban J connectivity index is 2.05. The summed E-state index contributed by atoms with van der Waals surface area (Å²) in [5.41, 5.74) is 2.60. The highest BCUT2D eigenvalue weighted by Crippen LogP contribution is 2.23. The summed E-state index contributed by atoms with van der Waals surface area (Å²) < 4.78 is 26.8. The van der Waals surface area contributed by atoms with Crippen molar-refractivity contribution in [3.63, 3.8) is 0 Å². The molecule has 3 nitrogen and oxygen atoms in total. The smallest absolute Gasteiger partial charge is 0.212 e. The molecule has 0 aliphatic heterocycles. The van der Waals surface area contributed by atoms with Crippen LogP contribution in [0.3, 0.4) is 0 Å². The summed E-state index contributed by atoms with van der Waals surface area (Å²) in [7, 11) is -3.43. The quantitative estimate of drug-likeness (QED) is 0.894. The first kappa shape index (κ1) is 16.3. The Bertz CT molecular complexity index is 745. The summed E-state index contributed by atoms with van der Waals surface area (Å²) in [6.45, 7) is 2.22. The number of sulfonamides is 1. The van der Waals surface area contributed by atoms with E-state index in [4.69, 9.17) is 23.2 Å². The van der Waals surface area contributed by atoms with Crippen LogP contribution in [0.25, 0.3) is 0 Å². The average molecular weight is 344 g/mol. The zero-order valence-corrected chi connectivity index (χ0v) is 13.8. The number of aryl methyl sites for hydroxylation is 1. The molecule has 0 atom stereocenters. The van der Waals surface area contributed by atoms with Crippen molar-refractivity contribution >= 4 is 33.2 Å². The van der Waals surface area contributed by atoms with E-state index in [1.54, 1.807) is 18.2 Å². The molecule has 0 amide bonds. The third-order valence-electron chi connectivity index (χ3n) is 3.08. The van der Waals surface area contributed by atoms with E-state index < -0.39 is 10.0 Å². The van der Waals surface area contributed by atoms with Gasteiger partial charge in [-0.2, -0.15) is 0 Å². The van der Waals surface area contributed by atoms with Crippen LogP contribution in [0.2, 0.25) is 10.0 Å². The predicted octanol–water partition coefficient (Wildman–Crippen LogP) is 3.92. The SMILES string of the molecule is Cc1ccccc1CNS(=O)(=O)Cc1ccc(Cl)c(Cl)c1. The van der Waals surface area contributed by atoms with Crippen molar-refractivity contribution in [3.05, 3.63) is 69.2 Å². The molecule has 0 saturated carbocycles. The molecule has 6 heteroatoms. The Hall–Kier alpha value is -1.07. The second-order valence-electron chi connectivity index (χ2n) is 4.76. The molecular weight excluding hydrogens is 329 g/mol. The summed E-state index contributed by atoms with van der Waals surface area (Å²) in [6.07, 6.45) is 0. The Morgan fingerprint density at radius 1 is 1.05 bits per heavy atom. The van der Waals surface area contributed by atoms with Gasteiger partial charge in [0.05, 0.1) is 15.8 Å². The number of rotatable bonds is 5. The van der Waals surface area contributed by atoms with Crippen molar-refractivity contribution in [3.8, 4) is 0 Å². The van der Waals surface area contributed by atoms with E-state index in [2.05, 4.69) is 4.72 Å². The Morgan fingerprint density at radius 2 is 1.76 bits per heavy atom. The minimum Gasteiger partial charge on any atom is -0.212 e. The normalized spacial score (nSPS) is 11.6. The number of hydrogen-bond donors (Lipinski definition) is 1. The van der Waals surface area contributed by atoms with E-state index in [-0.39, 0.29) is 12.3 Å². The lowest BCUT2D eigenvalue weighted by Gasteiger charge is -2.09. The second kappa shape index (κ2) is 6.79. The fourth-order valence-electron chi connectivity index (χ4n) is 1.90. The van der Waals surface area contributed by atoms with Gasteiger partial charge in [0.1, 0.15) is 0 Å². The summed E-state index contributed by atoms with van der Waals surface area (Å²) >= 11 is 11.7. The molecule has 21 heavy (non-hydrogen) atoms. The molecule has 0 bridgehead atoms. The van der Waals surface area contributed by atoms with Crippen LogP contribution in [0.4, 0.5) is 0 Å². The third kappa shape index (κ3) is 4.71. The molecular formula is C15H15Cl2NO2S. The molecule has 2 aromatic carbocycles. The van der Waals surface area contributed by atoms with Crippen LogP contribution in [0, 0.1) is 6.92 Å². The Morgan fingerprint density at radius 3 is 2.43 bits per heavy atom. The van der Waals surface area contributed by atoms with E-state index in [1.807, 2.05) is 31.2 Å². The average Bonchev–Trinajstić information content (AvgIpc) is 2.42. The number of nitrogens with one attached hydrogen (secondary N) is 1. The summed E-state index contributed by atoms with van der Waals surface area (Å²) in [5, 5.41) is 0.758. The van der Waals surface area contributed by atoms with Crippen molar-refractivity contribution in [1.29, 1.82) is 0 Å². The molecule has 0 saturated heterocycles. The molecule has 0 aromatic heterocycles. The zero-order chi connectivity index (χ0) is 15.5. The van der Waals surface area contributed by atoms with Crippen molar-refractivity contribution in [2.75, 3.05) is 0 Å². The number of benzene rings is 2. The van der Waals surface area contributed by atoms with Gasteiger partial charge in [0.15, 0.2) is 0 Å². The molecule has 0 heterocycles. The largest absolute Gasteiger partial charge is 0.216 e. The zero-order valence-electron chi connectivity index (χ0n) is 11.4. The van der Waals surface area contributed by atoms with Crippen molar-refractivity contribution < 1.29 is 8.42 Å². The molecule has 0 aliphatic rings. The second-order valence-corrected chi connectivity index (χ2v) is 7.38. The van der Waals surface area contributed by atoms with Crippen LogP contribution in [0.1, 0.15) is 16.7 Å². The van der Waals surface area contributed by atoms with Crippen LogP contribution in [-0.4, -0.2) is 8.42 Å². The minimum absolute atomic E-state index is 0.129. The lowest BCUT2D eigenvalue weighted by molar-refractivity contribution is 0.580. The monoisotopic (exact) mass is 343 g/mol. The van der Waals surface area contributed by atoms with Crippen LogP contribution in [0.15, 0.2) is 42.5 Å². The molecule has 0 fully saturated rings. The van der Waals surface area contributed by atoms with Crippen molar-refractivity contribution in [1.82, 2.24) is 4.72 Å². The Kier molecular flexibility index (Phi) is 5.27. The maximum Gasteiger partial charge on any atom is 0.216 e. The van der Waals surface area contributed by atoms with Gasteiger partial charge in [0, 0.05) is 6.54 Å². The highest BCUT2D eigenvalue weighted by Gasteiger charge is 2.13. The van der Waals surface area contributed by atoms with Crippen LogP contribution < -0.4 is 4.72 Å². The molecule has 2 rings (SSSR count). The highest BCUT2D eigenvalue weighted by molar-refractivity contribution is 7.88. The lowest BCUT2D eigenvalue weighted by atomic mass is 10.1. The van der Waals surface area contributed by atoms with Gasteiger partial charge in [-0.25, -0.2) is 13.1 Å². The van der Waals surface area contributed by atoms with Crippen LogP contribution in [0.5, 0.6) is 0 Å². The first-order valence-electron chi connectivity index (χ1n) is 6.33. The van der Waals surface area contributed by atoms with Crippen molar-refractivity contribution in [2.24, 2.45) is 0 Å². The molecule has 0 spiro atoms. The molecule has 0 radical (unpaired) electrons. The van der Waals surface area contributed by atoms with Crippen LogP contribution >= 0.6 is 23.2 Å². The van der Waals surface area contributed by atoms with Gasteiger partial charge >= 0.3 is 0 Å². The molecule has 1 N–H and O–H groups in total. The summed E-state index contributed by atoms with van der Waals surface area (Å²) in [6, 6.07) is 12.5. The van der Waals surface area contributed by atoms with Gasteiger partial charge < -0.3 is 0 Å². The van der Waals surface area contributed by atoms with Gasteiger partial charge in [0.25, 0.3) is 0 Å². The lowest BCUT2D eigenvalue weighted by Crippen LogP contribution is -2.25. The fraction of sp³-hybridized carbons (Fsp3) is 0.200. The maximum absolute atomic E-state index is 12.1. The highest BCUT2D eigenvalue weighted by atomic mass is 35.5. The van der Waals surface area contributed by atoms with Crippen molar-refractivity contribution in [2.45, 2.75) is 19.2 Å². The first-order valence-corrected chi connectivity index (χ1v) is 8.74. The van der Waals surface area contributed by atoms with E-state index in [0.717, 1.165) is 11.1 Å². The standard InChI is InChI=1S/C15H15Cl2NO2S/c1-11-4-2-3-5-13(11)9-18-21(19,20)10-12-6-7-14(16)15(17)8-12/h2-8,18H,9-10H2,1H3. The van der Waals surface area contributed by atoms with Gasteiger partial charge in [-0.05, 0) is 35.7 Å². The molecule has 0 unspecified atom stereocenters. The molecule has 2 aromatic rings. The number of halogens is 2. The molecule has 112 valence electrons. The van der Waals surface area contributed by atoms with E-state index >= 15 is 0 Å². The third-order valence-corrected chi connectivity index (χ3v) is 5.12. The van der Waals surface area contributed by atoms with E-state index in [0.29, 0.717) is 15.6 Å². The topological polar surface area (TPSA) is 46.2 Å². The minimum atomic E-state index is -3.43. The fourth-order valence-corrected chi connectivity index (χ4v) is 3.31. The van der Waals surface area contributed by atoms with E-state index in [9.17, 15) is 8.42 Å². The Labute approximate surface area is 135 Å². The van der Waals surface area contributed by atoms with Gasteiger partial charge in [-0.1, -0.05) is 53.5 Å². The predicted molar refractivity (Wildman–Crippen MR) is 87.1 cm³/mol. The van der Waals surface area contributed by atoms with Gasteiger partial charge in [0.2, 0.25) is 10.0 Å². The first-order chi connectivity index (χ1) is 9.87. The maximum atomic E-state index is 12.1. The van der Waals surface area contributed by atoms with Gasteiger partial charge in [-0.15, -0.1) is 0 Å². The van der Waals surface area contributed by atoms with Gasteiger partial charge in [-0.3, -0.25) is 0 Å². The van der Waals surface area contributed by atoms with Crippen LogP contribution in [-0.2, 0) is 22.3 Å². The van der Waals surface area contributed by atoms with E-state index in [1.165, 1.54) is 0 Å². The summed E-state index contributed by atoms with van der Waals surface area (Å²) in [4.78, 5) is 0. The number of hydrogen-bond acceptors (Lipinski definition) is 2. The summed E-state index contributed by atoms with van der Waals surface area (Å²) in [5.74, 6) is -0.129.